The average Bonchev–Trinajstić information content (AvgIpc) is 2.49. The van der Waals surface area contributed by atoms with Crippen LogP contribution in [0.3, 0.4) is 0 Å². The molecular formula is C15H12F2O3. The third-order valence-electron chi connectivity index (χ3n) is 2.52. The molecule has 0 aliphatic rings. The van der Waals surface area contributed by atoms with Crippen LogP contribution < -0.4 is 0 Å². The number of benzene rings is 2. The Hall–Kier alpha value is -2.43. The van der Waals surface area contributed by atoms with Crippen LogP contribution in [0.4, 0.5) is 13.6 Å². The van der Waals surface area contributed by atoms with Gasteiger partial charge in [0.1, 0.15) is 0 Å². The third kappa shape index (κ3) is 3.78. The minimum Gasteiger partial charge on any atom is -0.395 e. The van der Waals surface area contributed by atoms with Crippen molar-refractivity contribution in [2.45, 2.75) is 12.7 Å². The van der Waals surface area contributed by atoms with E-state index in [-0.39, 0.29) is 11.1 Å². The van der Waals surface area contributed by atoms with E-state index in [0.717, 1.165) is 0 Å². The fraction of sp³-hybridized carbons (Fsp3) is 0.133. The van der Waals surface area contributed by atoms with Gasteiger partial charge in [0.25, 0.3) is 12.7 Å². The maximum absolute atomic E-state index is 13.6. The summed E-state index contributed by atoms with van der Waals surface area (Å²) in [7, 11) is 0. The summed E-state index contributed by atoms with van der Waals surface area (Å²) in [5, 5.41) is 0. The summed E-state index contributed by atoms with van der Waals surface area (Å²) in [5.74, 6) is 0. The first kappa shape index (κ1) is 14.0. The SMILES string of the molecule is O=C(OC(F)c1ccccc1)OC(F)c1ccccc1. The van der Waals surface area contributed by atoms with Crippen molar-refractivity contribution in [2.24, 2.45) is 0 Å². The summed E-state index contributed by atoms with van der Waals surface area (Å²) in [5.41, 5.74) is 0.305. The van der Waals surface area contributed by atoms with Crippen molar-refractivity contribution in [3.8, 4) is 0 Å². The molecule has 0 heterocycles. The zero-order chi connectivity index (χ0) is 14.4. The largest absolute Gasteiger partial charge is 0.513 e. The summed E-state index contributed by atoms with van der Waals surface area (Å²) in [4.78, 5) is 11.3. The van der Waals surface area contributed by atoms with Crippen LogP contribution in [0.5, 0.6) is 0 Å². The predicted octanol–water partition coefficient (Wildman–Crippen LogP) is 4.48. The molecule has 0 aromatic heterocycles. The smallest absolute Gasteiger partial charge is 0.395 e. The highest BCUT2D eigenvalue weighted by Crippen LogP contribution is 2.23. The summed E-state index contributed by atoms with van der Waals surface area (Å²) >= 11 is 0. The van der Waals surface area contributed by atoms with Crippen LogP contribution in [-0.4, -0.2) is 6.16 Å². The summed E-state index contributed by atoms with van der Waals surface area (Å²) in [6.07, 6.45) is -5.39. The van der Waals surface area contributed by atoms with E-state index in [1.165, 1.54) is 24.3 Å². The molecule has 0 fully saturated rings. The predicted molar refractivity (Wildman–Crippen MR) is 68.1 cm³/mol. The number of ether oxygens (including phenoxy) is 2. The van der Waals surface area contributed by atoms with Crippen LogP contribution >= 0.6 is 0 Å². The van der Waals surface area contributed by atoms with Crippen molar-refractivity contribution in [3.05, 3.63) is 71.8 Å². The standard InChI is InChI=1S/C15H12F2O3/c16-13(11-7-3-1-4-8-11)19-15(18)20-14(17)12-9-5-2-6-10-12/h1-10,13-14H. The Bertz CT molecular complexity index is 496. The molecule has 0 aliphatic heterocycles. The van der Waals surface area contributed by atoms with Crippen LogP contribution in [0.1, 0.15) is 23.8 Å². The zero-order valence-corrected chi connectivity index (χ0v) is 10.4. The summed E-state index contributed by atoms with van der Waals surface area (Å²) in [6.45, 7) is 0. The van der Waals surface area contributed by atoms with Crippen LogP contribution in [0.25, 0.3) is 0 Å². The van der Waals surface area contributed by atoms with Gasteiger partial charge < -0.3 is 9.47 Å². The van der Waals surface area contributed by atoms with E-state index < -0.39 is 18.9 Å². The Morgan fingerprint density at radius 2 is 1.10 bits per heavy atom. The monoisotopic (exact) mass is 278 g/mol. The van der Waals surface area contributed by atoms with Gasteiger partial charge >= 0.3 is 6.16 Å². The van der Waals surface area contributed by atoms with E-state index in [1.54, 1.807) is 36.4 Å². The van der Waals surface area contributed by atoms with Gasteiger partial charge in [0.05, 0.1) is 0 Å². The lowest BCUT2D eigenvalue weighted by Gasteiger charge is -2.13. The van der Waals surface area contributed by atoms with E-state index in [4.69, 9.17) is 0 Å². The fourth-order valence-corrected chi connectivity index (χ4v) is 1.54. The van der Waals surface area contributed by atoms with E-state index in [9.17, 15) is 13.6 Å². The molecule has 0 saturated carbocycles. The number of halogens is 2. The van der Waals surface area contributed by atoms with Gasteiger partial charge in [-0.3, -0.25) is 0 Å². The van der Waals surface area contributed by atoms with Crippen molar-refractivity contribution in [3.63, 3.8) is 0 Å². The molecule has 20 heavy (non-hydrogen) atoms. The number of carbonyl (C=O) groups excluding carboxylic acids is 1. The Balaban J connectivity index is 1.90. The highest BCUT2D eigenvalue weighted by Gasteiger charge is 2.20. The number of hydrogen-bond donors (Lipinski definition) is 0. The molecule has 2 aromatic rings. The van der Waals surface area contributed by atoms with Crippen LogP contribution in [0, 0.1) is 0 Å². The third-order valence-corrected chi connectivity index (χ3v) is 2.52. The van der Waals surface area contributed by atoms with Crippen molar-refractivity contribution >= 4 is 6.16 Å². The van der Waals surface area contributed by atoms with Crippen LogP contribution in [0.15, 0.2) is 60.7 Å². The van der Waals surface area contributed by atoms with Crippen molar-refractivity contribution in [2.75, 3.05) is 0 Å². The first-order chi connectivity index (χ1) is 9.66. The Kier molecular flexibility index (Phi) is 4.65. The van der Waals surface area contributed by atoms with E-state index in [0.29, 0.717) is 0 Å². The second-order valence-corrected chi connectivity index (χ2v) is 3.94. The molecule has 2 rings (SSSR count). The zero-order valence-electron chi connectivity index (χ0n) is 10.4. The molecule has 0 aliphatic carbocycles. The fourth-order valence-electron chi connectivity index (χ4n) is 1.54. The summed E-state index contributed by atoms with van der Waals surface area (Å²) < 4.78 is 35.9. The molecule has 2 aromatic carbocycles. The van der Waals surface area contributed by atoms with E-state index in [2.05, 4.69) is 9.47 Å². The second kappa shape index (κ2) is 6.65. The molecule has 5 heteroatoms. The van der Waals surface area contributed by atoms with E-state index >= 15 is 0 Å². The van der Waals surface area contributed by atoms with Crippen LogP contribution in [-0.2, 0) is 9.47 Å². The molecule has 0 spiro atoms. The van der Waals surface area contributed by atoms with Gasteiger partial charge in [-0.1, -0.05) is 60.7 Å². The lowest BCUT2D eigenvalue weighted by atomic mass is 10.2. The first-order valence-corrected chi connectivity index (χ1v) is 5.92. The Labute approximate surface area is 114 Å². The number of hydrogen-bond acceptors (Lipinski definition) is 3. The lowest BCUT2D eigenvalue weighted by molar-refractivity contribution is -0.0767. The van der Waals surface area contributed by atoms with Gasteiger partial charge in [0.15, 0.2) is 0 Å². The molecule has 0 N–H and O–H groups in total. The molecule has 0 saturated heterocycles. The number of carbonyl (C=O) groups is 1. The number of alkyl halides is 2. The highest BCUT2D eigenvalue weighted by atomic mass is 19.2. The quantitative estimate of drug-likeness (QED) is 0.774. The lowest BCUT2D eigenvalue weighted by Crippen LogP contribution is -2.12. The first-order valence-electron chi connectivity index (χ1n) is 5.92. The van der Waals surface area contributed by atoms with Gasteiger partial charge in [0, 0.05) is 11.1 Å². The Morgan fingerprint density at radius 3 is 1.45 bits per heavy atom. The maximum Gasteiger partial charge on any atom is 0.513 e. The molecular weight excluding hydrogens is 266 g/mol. The molecule has 0 bridgehead atoms. The van der Waals surface area contributed by atoms with Crippen molar-refractivity contribution in [1.29, 1.82) is 0 Å². The normalized spacial score (nSPS) is 13.3. The van der Waals surface area contributed by atoms with Gasteiger partial charge in [-0.05, 0) is 0 Å². The van der Waals surface area contributed by atoms with Gasteiger partial charge in [-0.25, -0.2) is 4.79 Å². The maximum atomic E-state index is 13.6. The van der Waals surface area contributed by atoms with Gasteiger partial charge in [-0.2, -0.15) is 8.78 Å². The molecule has 0 radical (unpaired) electrons. The highest BCUT2D eigenvalue weighted by molar-refractivity contribution is 5.60. The number of rotatable bonds is 4. The molecule has 3 nitrogen and oxygen atoms in total. The molecule has 2 atom stereocenters. The topological polar surface area (TPSA) is 35.5 Å². The Morgan fingerprint density at radius 1 is 0.750 bits per heavy atom. The second-order valence-electron chi connectivity index (χ2n) is 3.94. The molecule has 2 unspecified atom stereocenters. The minimum absolute atomic E-state index is 0.152. The van der Waals surface area contributed by atoms with E-state index in [1.807, 2.05) is 0 Å². The van der Waals surface area contributed by atoms with Crippen molar-refractivity contribution < 1.29 is 23.0 Å². The average molecular weight is 278 g/mol. The van der Waals surface area contributed by atoms with Gasteiger partial charge in [-0.15, -0.1) is 0 Å². The summed E-state index contributed by atoms with van der Waals surface area (Å²) in [6, 6.07) is 15.6. The molecule has 104 valence electrons. The minimum atomic E-state index is -1.99. The molecule has 0 amide bonds. The van der Waals surface area contributed by atoms with Crippen molar-refractivity contribution in [1.82, 2.24) is 0 Å². The van der Waals surface area contributed by atoms with Crippen LogP contribution in [0.2, 0.25) is 0 Å². The van der Waals surface area contributed by atoms with Gasteiger partial charge in [0.2, 0.25) is 0 Å².